The first-order valence-electron chi connectivity index (χ1n) is 7.75. The maximum Gasteiger partial charge on any atom is 0.102 e. The minimum absolute atomic E-state index is 0.582. The Balaban J connectivity index is 1.68. The van der Waals surface area contributed by atoms with Crippen LogP contribution in [0.15, 0.2) is 36.5 Å². The molecule has 0 fully saturated rings. The Labute approximate surface area is 125 Å². The highest BCUT2D eigenvalue weighted by Crippen LogP contribution is 2.34. The number of rotatable bonds is 5. The lowest BCUT2D eigenvalue weighted by atomic mass is 9.79. The SMILES string of the molecule is CCn1nccc1CNCC1(O)CCCc2ccccc21. The van der Waals surface area contributed by atoms with E-state index >= 15 is 0 Å². The van der Waals surface area contributed by atoms with Crippen LogP contribution in [-0.2, 0) is 25.1 Å². The van der Waals surface area contributed by atoms with Gasteiger partial charge in [-0.15, -0.1) is 0 Å². The van der Waals surface area contributed by atoms with Crippen molar-refractivity contribution in [3.05, 3.63) is 53.3 Å². The fourth-order valence-corrected chi connectivity index (χ4v) is 3.27. The van der Waals surface area contributed by atoms with Gasteiger partial charge >= 0.3 is 0 Å². The lowest BCUT2D eigenvalue weighted by molar-refractivity contribution is 0.0188. The fourth-order valence-electron chi connectivity index (χ4n) is 3.27. The maximum absolute atomic E-state index is 11.0. The molecule has 0 bridgehead atoms. The van der Waals surface area contributed by atoms with E-state index in [4.69, 9.17) is 0 Å². The molecule has 1 heterocycles. The Morgan fingerprint density at radius 3 is 3.05 bits per heavy atom. The van der Waals surface area contributed by atoms with E-state index in [0.29, 0.717) is 6.54 Å². The number of aliphatic hydroxyl groups is 1. The van der Waals surface area contributed by atoms with Crippen LogP contribution < -0.4 is 5.32 Å². The first kappa shape index (κ1) is 14.3. The largest absolute Gasteiger partial charge is 0.384 e. The fraction of sp³-hybridized carbons (Fsp3) is 0.471. The third-order valence-corrected chi connectivity index (χ3v) is 4.38. The highest BCUT2D eigenvalue weighted by atomic mass is 16.3. The molecule has 0 spiro atoms. The molecular weight excluding hydrogens is 262 g/mol. The van der Waals surface area contributed by atoms with Crippen LogP contribution >= 0.6 is 0 Å². The second kappa shape index (κ2) is 6.00. The average molecular weight is 285 g/mol. The summed E-state index contributed by atoms with van der Waals surface area (Å²) in [6.07, 6.45) is 4.76. The van der Waals surface area contributed by atoms with Crippen LogP contribution in [-0.4, -0.2) is 21.4 Å². The van der Waals surface area contributed by atoms with E-state index in [1.807, 2.05) is 23.0 Å². The lowest BCUT2D eigenvalue weighted by Crippen LogP contribution is -2.40. The zero-order valence-electron chi connectivity index (χ0n) is 12.5. The molecular formula is C17H23N3O. The normalized spacial score (nSPS) is 21.2. The highest BCUT2D eigenvalue weighted by molar-refractivity contribution is 5.35. The maximum atomic E-state index is 11.0. The number of aromatic nitrogens is 2. The van der Waals surface area contributed by atoms with Gasteiger partial charge in [-0.05, 0) is 43.4 Å². The van der Waals surface area contributed by atoms with Crippen molar-refractivity contribution in [1.82, 2.24) is 15.1 Å². The molecule has 21 heavy (non-hydrogen) atoms. The van der Waals surface area contributed by atoms with E-state index in [9.17, 15) is 5.11 Å². The number of benzene rings is 1. The van der Waals surface area contributed by atoms with Crippen LogP contribution in [0.1, 0.15) is 36.6 Å². The van der Waals surface area contributed by atoms with Crippen molar-refractivity contribution in [1.29, 1.82) is 0 Å². The smallest absolute Gasteiger partial charge is 0.102 e. The van der Waals surface area contributed by atoms with Gasteiger partial charge in [0.15, 0.2) is 0 Å². The summed E-state index contributed by atoms with van der Waals surface area (Å²) in [5.74, 6) is 0. The summed E-state index contributed by atoms with van der Waals surface area (Å²) in [4.78, 5) is 0. The summed E-state index contributed by atoms with van der Waals surface area (Å²) in [6, 6.07) is 10.3. The Bertz CT molecular complexity index is 608. The molecule has 1 aromatic carbocycles. The second-order valence-electron chi connectivity index (χ2n) is 5.78. The molecule has 3 rings (SSSR count). The standard InChI is InChI=1S/C17H23N3O/c1-2-20-15(9-11-19-20)12-18-13-17(21)10-5-7-14-6-3-4-8-16(14)17/h3-4,6,8-9,11,18,21H,2,5,7,10,12-13H2,1H3. The van der Waals surface area contributed by atoms with E-state index in [1.54, 1.807) is 0 Å². The van der Waals surface area contributed by atoms with Gasteiger partial charge in [-0.1, -0.05) is 24.3 Å². The minimum atomic E-state index is -0.744. The van der Waals surface area contributed by atoms with Gasteiger partial charge in [0, 0.05) is 25.8 Å². The molecule has 0 saturated carbocycles. The Morgan fingerprint density at radius 1 is 1.33 bits per heavy atom. The van der Waals surface area contributed by atoms with Gasteiger partial charge in [-0.2, -0.15) is 5.10 Å². The molecule has 0 radical (unpaired) electrons. The zero-order valence-corrected chi connectivity index (χ0v) is 12.5. The molecule has 2 aromatic rings. The van der Waals surface area contributed by atoms with E-state index in [1.165, 1.54) is 5.56 Å². The van der Waals surface area contributed by atoms with Crippen LogP contribution in [0.5, 0.6) is 0 Å². The van der Waals surface area contributed by atoms with Gasteiger partial charge in [0.1, 0.15) is 5.60 Å². The van der Waals surface area contributed by atoms with Crippen LogP contribution in [0, 0.1) is 0 Å². The highest BCUT2D eigenvalue weighted by Gasteiger charge is 2.33. The third-order valence-electron chi connectivity index (χ3n) is 4.38. The monoisotopic (exact) mass is 285 g/mol. The molecule has 4 heteroatoms. The average Bonchev–Trinajstić information content (AvgIpc) is 2.95. The van der Waals surface area contributed by atoms with Crippen LogP contribution in [0.4, 0.5) is 0 Å². The number of hydrogen-bond donors (Lipinski definition) is 2. The van der Waals surface area contributed by atoms with Gasteiger partial charge in [0.25, 0.3) is 0 Å². The Kier molecular flexibility index (Phi) is 4.08. The molecule has 0 aliphatic heterocycles. The Morgan fingerprint density at radius 2 is 2.19 bits per heavy atom. The van der Waals surface area contributed by atoms with Gasteiger partial charge in [0.2, 0.25) is 0 Å². The van der Waals surface area contributed by atoms with Crippen LogP contribution in [0.25, 0.3) is 0 Å². The van der Waals surface area contributed by atoms with E-state index in [0.717, 1.165) is 43.6 Å². The summed E-state index contributed by atoms with van der Waals surface area (Å²) in [6.45, 7) is 4.27. The first-order valence-corrected chi connectivity index (χ1v) is 7.75. The zero-order chi connectivity index (χ0) is 14.7. The van der Waals surface area contributed by atoms with Crippen LogP contribution in [0.2, 0.25) is 0 Å². The first-order chi connectivity index (χ1) is 10.2. The van der Waals surface area contributed by atoms with Crippen molar-refractivity contribution in [3.8, 4) is 0 Å². The van der Waals surface area contributed by atoms with Crippen molar-refractivity contribution < 1.29 is 5.11 Å². The molecule has 2 N–H and O–H groups in total. The number of nitrogens with zero attached hydrogens (tertiary/aromatic N) is 2. The van der Waals surface area contributed by atoms with Crippen molar-refractivity contribution in [2.45, 2.75) is 44.9 Å². The van der Waals surface area contributed by atoms with Gasteiger partial charge < -0.3 is 10.4 Å². The molecule has 0 amide bonds. The number of nitrogens with one attached hydrogen (secondary N) is 1. The molecule has 1 aliphatic rings. The van der Waals surface area contributed by atoms with E-state index < -0.39 is 5.60 Å². The second-order valence-corrected chi connectivity index (χ2v) is 5.78. The van der Waals surface area contributed by atoms with Crippen molar-refractivity contribution in [3.63, 3.8) is 0 Å². The summed E-state index contributed by atoms with van der Waals surface area (Å²) in [5.41, 5.74) is 2.79. The molecule has 4 nitrogen and oxygen atoms in total. The topological polar surface area (TPSA) is 50.1 Å². The predicted molar refractivity (Wildman–Crippen MR) is 82.9 cm³/mol. The van der Waals surface area contributed by atoms with Crippen molar-refractivity contribution in [2.75, 3.05) is 6.54 Å². The van der Waals surface area contributed by atoms with Crippen LogP contribution in [0.3, 0.4) is 0 Å². The number of aryl methyl sites for hydroxylation is 2. The number of hydrogen-bond acceptors (Lipinski definition) is 3. The molecule has 1 aliphatic carbocycles. The van der Waals surface area contributed by atoms with Gasteiger partial charge in [-0.3, -0.25) is 4.68 Å². The lowest BCUT2D eigenvalue weighted by Gasteiger charge is -2.34. The van der Waals surface area contributed by atoms with Crippen molar-refractivity contribution in [2.24, 2.45) is 0 Å². The van der Waals surface area contributed by atoms with E-state index in [-0.39, 0.29) is 0 Å². The summed E-state index contributed by atoms with van der Waals surface area (Å²) >= 11 is 0. The summed E-state index contributed by atoms with van der Waals surface area (Å²) < 4.78 is 1.98. The quantitative estimate of drug-likeness (QED) is 0.885. The molecule has 0 saturated heterocycles. The van der Waals surface area contributed by atoms with E-state index in [2.05, 4.69) is 35.5 Å². The third kappa shape index (κ3) is 2.87. The predicted octanol–water partition coefficient (Wildman–Crippen LogP) is 2.22. The summed E-state index contributed by atoms with van der Waals surface area (Å²) in [7, 11) is 0. The molecule has 1 atom stereocenters. The molecule has 1 aromatic heterocycles. The Hall–Kier alpha value is -1.65. The van der Waals surface area contributed by atoms with Crippen molar-refractivity contribution >= 4 is 0 Å². The van der Waals surface area contributed by atoms with Gasteiger partial charge in [-0.25, -0.2) is 0 Å². The van der Waals surface area contributed by atoms with Gasteiger partial charge in [0.05, 0.1) is 5.69 Å². The summed E-state index contributed by atoms with van der Waals surface area (Å²) in [5, 5.41) is 18.7. The minimum Gasteiger partial charge on any atom is -0.384 e. The number of fused-ring (bicyclic) bond motifs is 1. The molecule has 1 unspecified atom stereocenters. The molecule has 112 valence electrons.